The molecule has 140 valence electrons. The molecule has 2 aliphatic rings. The molecule has 25 heavy (non-hydrogen) atoms. The molecule has 0 amide bonds. The van der Waals surface area contributed by atoms with Crippen LogP contribution in [0.25, 0.3) is 0 Å². The first-order chi connectivity index (χ1) is 12.1. The first-order valence-electron chi connectivity index (χ1n) is 10.8. The first kappa shape index (κ1) is 21.1. The van der Waals surface area contributed by atoms with Gasteiger partial charge >= 0.3 is 162 Å². The maximum absolute atomic E-state index is 2.59. The minimum absolute atomic E-state index is 1.23. The van der Waals surface area contributed by atoms with Crippen molar-refractivity contribution in [3.63, 3.8) is 0 Å². The average Bonchev–Trinajstić information content (AvgIpc) is 3.18. The monoisotopic (exact) mass is 418 g/mol. The van der Waals surface area contributed by atoms with Gasteiger partial charge in [0, 0.05) is 0 Å². The molecule has 2 aliphatic carbocycles. The number of unbranched alkanes of at least 4 members (excludes halogenated alkanes) is 2. The molecule has 0 spiro atoms. The zero-order chi connectivity index (χ0) is 18.4. The Morgan fingerprint density at radius 3 is 1.44 bits per heavy atom. The molecule has 0 aromatic carbocycles. The van der Waals surface area contributed by atoms with Gasteiger partial charge in [-0.25, -0.2) is 0 Å². The van der Waals surface area contributed by atoms with Crippen LogP contribution in [0.15, 0.2) is 41.0 Å². The van der Waals surface area contributed by atoms with E-state index in [0.29, 0.717) is 0 Å². The van der Waals surface area contributed by atoms with Gasteiger partial charge in [-0.1, -0.05) is 0 Å². The van der Waals surface area contributed by atoms with Crippen LogP contribution < -0.4 is 0 Å². The van der Waals surface area contributed by atoms with Crippen molar-refractivity contribution in [2.24, 2.45) is 0 Å². The van der Waals surface area contributed by atoms with Crippen molar-refractivity contribution < 1.29 is 20.3 Å². The molecular weight excluding hydrogens is 379 g/mol. The van der Waals surface area contributed by atoms with Crippen LogP contribution in [0, 0.1) is 0 Å². The summed E-state index contributed by atoms with van der Waals surface area (Å²) in [7, 11) is 0. The molecule has 0 atom stereocenters. The molecule has 0 fully saturated rings. The zero-order valence-corrected chi connectivity index (χ0v) is 20.2. The number of allylic oxidation sites excluding steroid dienone is 8. The second-order valence-corrected chi connectivity index (χ2v) is 19.4. The molecule has 0 saturated carbocycles. The Balaban J connectivity index is 2.48. The van der Waals surface area contributed by atoms with Gasteiger partial charge in [-0.3, -0.25) is 0 Å². The van der Waals surface area contributed by atoms with E-state index in [9.17, 15) is 0 Å². The Hall–Kier alpha value is -0.157. The molecule has 0 aromatic heterocycles. The molecule has 0 nitrogen and oxygen atoms in total. The second-order valence-electron chi connectivity index (χ2n) is 8.17. The summed E-state index contributed by atoms with van der Waals surface area (Å²) in [4.78, 5) is 0. The topological polar surface area (TPSA) is 0 Å². The first-order valence-corrected chi connectivity index (χ1v) is 16.8. The van der Waals surface area contributed by atoms with E-state index in [2.05, 4.69) is 53.7 Å². The van der Waals surface area contributed by atoms with Gasteiger partial charge < -0.3 is 0 Å². The summed E-state index contributed by atoms with van der Waals surface area (Å²) in [6.45, 7) is 14.6. The van der Waals surface area contributed by atoms with E-state index < -0.39 is 20.3 Å². The molecule has 0 bridgehead atoms. The summed E-state index contributed by atoms with van der Waals surface area (Å²) in [6, 6.07) is 0. The Labute approximate surface area is 162 Å². The summed E-state index contributed by atoms with van der Waals surface area (Å²) in [6.07, 6.45) is 15.6. The standard InChI is InChI=1S/2C10H15.2C2H5.Zr/c2*1-3-4-5-10-7-6-9(2)8-10;2*1-2;/h2*7H,3-6H2,1-2H3;2*1H2,2H3;. The Morgan fingerprint density at radius 1 is 0.720 bits per heavy atom. The van der Waals surface area contributed by atoms with Gasteiger partial charge in [0.15, 0.2) is 0 Å². The van der Waals surface area contributed by atoms with Crippen molar-refractivity contribution >= 4 is 0 Å². The molecule has 2 rings (SSSR count). The van der Waals surface area contributed by atoms with Crippen LogP contribution in [0.1, 0.15) is 92.9 Å². The number of hydrogen-bond donors (Lipinski definition) is 0. The molecule has 0 saturated heterocycles. The van der Waals surface area contributed by atoms with Crippen LogP contribution in [0.3, 0.4) is 0 Å². The van der Waals surface area contributed by atoms with Gasteiger partial charge in [0.2, 0.25) is 0 Å². The SMILES string of the molecule is CCCCC1=CCC(C)=[C]1[Zr]([CH2]C)([CH2]C)[C]1=C(C)CC=C1CCCC. The van der Waals surface area contributed by atoms with Gasteiger partial charge in [0.25, 0.3) is 0 Å². The van der Waals surface area contributed by atoms with Gasteiger partial charge in [-0.05, 0) is 0 Å². The van der Waals surface area contributed by atoms with Crippen molar-refractivity contribution in [3.8, 4) is 0 Å². The fourth-order valence-electron chi connectivity index (χ4n) is 5.21. The van der Waals surface area contributed by atoms with E-state index in [0.717, 1.165) is 0 Å². The molecule has 0 aromatic rings. The van der Waals surface area contributed by atoms with Crippen molar-refractivity contribution in [2.75, 3.05) is 0 Å². The Bertz CT molecular complexity index is 544. The Kier molecular flexibility index (Phi) is 8.19. The van der Waals surface area contributed by atoms with Gasteiger partial charge in [-0.15, -0.1) is 0 Å². The van der Waals surface area contributed by atoms with Gasteiger partial charge in [0.1, 0.15) is 0 Å². The predicted molar refractivity (Wildman–Crippen MR) is 111 cm³/mol. The van der Waals surface area contributed by atoms with Crippen molar-refractivity contribution in [2.45, 2.75) is 101 Å². The predicted octanol–water partition coefficient (Wildman–Crippen LogP) is 8.61. The van der Waals surface area contributed by atoms with Crippen molar-refractivity contribution in [3.05, 3.63) is 41.0 Å². The third-order valence-corrected chi connectivity index (χ3v) is 20.9. The van der Waals surface area contributed by atoms with Crippen LogP contribution in [-0.4, -0.2) is 0 Å². The number of rotatable bonds is 10. The molecule has 0 radical (unpaired) electrons. The Morgan fingerprint density at radius 2 is 1.12 bits per heavy atom. The van der Waals surface area contributed by atoms with E-state index >= 15 is 0 Å². The van der Waals surface area contributed by atoms with E-state index in [-0.39, 0.29) is 0 Å². The fraction of sp³-hybridized carbons (Fsp3) is 0.667. The normalized spacial score (nSPS) is 18.3. The third kappa shape index (κ3) is 4.23. The molecule has 0 unspecified atom stereocenters. The second kappa shape index (κ2) is 9.68. The summed E-state index contributed by atoms with van der Waals surface area (Å²) in [5, 5.41) is 0. The van der Waals surface area contributed by atoms with Crippen molar-refractivity contribution in [1.82, 2.24) is 0 Å². The summed E-state index contributed by atoms with van der Waals surface area (Å²) in [5.74, 6) is 0. The summed E-state index contributed by atoms with van der Waals surface area (Å²) in [5.41, 5.74) is 6.99. The molecule has 0 aliphatic heterocycles. The van der Waals surface area contributed by atoms with Crippen molar-refractivity contribution in [1.29, 1.82) is 0 Å². The average molecular weight is 420 g/mol. The van der Waals surface area contributed by atoms with Crippen LogP contribution >= 0.6 is 0 Å². The molecule has 0 N–H and O–H groups in total. The van der Waals surface area contributed by atoms with Crippen LogP contribution in [0.2, 0.25) is 8.26 Å². The summed E-state index contributed by atoms with van der Waals surface area (Å²) >= 11 is -2.56. The van der Waals surface area contributed by atoms with Gasteiger partial charge in [0.05, 0.1) is 0 Å². The van der Waals surface area contributed by atoms with E-state index in [4.69, 9.17) is 0 Å². The van der Waals surface area contributed by atoms with E-state index in [1.165, 1.54) is 59.6 Å². The molecule has 1 heteroatoms. The van der Waals surface area contributed by atoms with Crippen LogP contribution in [0.4, 0.5) is 0 Å². The summed E-state index contributed by atoms with van der Waals surface area (Å²) < 4.78 is 6.76. The minimum atomic E-state index is -2.56. The van der Waals surface area contributed by atoms with Crippen LogP contribution in [-0.2, 0) is 20.3 Å². The van der Waals surface area contributed by atoms with Gasteiger partial charge in [-0.2, -0.15) is 0 Å². The third-order valence-electron chi connectivity index (χ3n) is 6.57. The molecule has 0 heterocycles. The fourth-order valence-corrected chi connectivity index (χ4v) is 19.2. The zero-order valence-electron chi connectivity index (χ0n) is 17.7. The number of hydrogen-bond acceptors (Lipinski definition) is 0. The van der Waals surface area contributed by atoms with E-state index in [1.807, 2.05) is 6.56 Å². The van der Waals surface area contributed by atoms with E-state index in [1.54, 1.807) is 22.3 Å². The maximum atomic E-state index is 2.59. The quantitative estimate of drug-likeness (QED) is 0.332. The van der Waals surface area contributed by atoms with Crippen LogP contribution in [0.5, 0.6) is 0 Å². The molecular formula is C24H40Zr.